The molecule has 0 heterocycles. The maximum Gasteiger partial charge on any atom is -0.0116 e. The van der Waals surface area contributed by atoms with E-state index in [1.54, 1.807) is 54.9 Å². The van der Waals surface area contributed by atoms with Crippen LogP contribution in [-0.4, -0.2) is 0 Å². The van der Waals surface area contributed by atoms with E-state index in [0.717, 1.165) is 0 Å². The van der Waals surface area contributed by atoms with Crippen LogP contribution in [0.5, 0.6) is 0 Å². The second-order valence-corrected chi connectivity index (χ2v) is 15.1. The zero-order valence-electron chi connectivity index (χ0n) is 29.8. The van der Waals surface area contributed by atoms with Crippen molar-refractivity contribution in [3.63, 3.8) is 0 Å². The monoisotopic (exact) mass is 612 g/mol. The van der Waals surface area contributed by atoms with Crippen LogP contribution in [0.3, 0.4) is 0 Å². The Morgan fingerprint density at radius 2 is 0.750 bits per heavy atom. The lowest BCUT2D eigenvalue weighted by Gasteiger charge is -2.30. The van der Waals surface area contributed by atoms with Crippen molar-refractivity contribution in [1.82, 2.24) is 0 Å². The summed E-state index contributed by atoms with van der Waals surface area (Å²) < 4.78 is 0. The van der Waals surface area contributed by atoms with Gasteiger partial charge in [0.05, 0.1) is 0 Å². The fourth-order valence-corrected chi connectivity index (χ4v) is 10.1. The van der Waals surface area contributed by atoms with Crippen molar-refractivity contribution in [1.29, 1.82) is 0 Å². The summed E-state index contributed by atoms with van der Waals surface area (Å²) >= 11 is 0. The second-order valence-electron chi connectivity index (χ2n) is 13.0. The average molecular weight is 613 g/mol. The Labute approximate surface area is 274 Å². The van der Waals surface area contributed by atoms with Crippen molar-refractivity contribution in [2.45, 2.75) is 164 Å². The Kier molecular flexibility index (Phi) is 16.8. The molecule has 0 saturated carbocycles. The third-order valence-electron chi connectivity index (χ3n) is 9.40. The van der Waals surface area contributed by atoms with Gasteiger partial charge in [-0.3, -0.25) is 0 Å². The molecule has 3 rings (SSSR count). The molecule has 0 aliphatic carbocycles. The fourth-order valence-electron chi connectivity index (χ4n) is 7.07. The summed E-state index contributed by atoms with van der Waals surface area (Å²) in [5.41, 5.74) is 11.6. The van der Waals surface area contributed by atoms with E-state index in [-0.39, 0.29) is 0 Å². The Bertz CT molecular complexity index is 1190. The first-order valence-corrected chi connectivity index (χ1v) is 20.1. The average Bonchev–Trinajstić information content (AvgIpc) is 3.04. The van der Waals surface area contributed by atoms with Gasteiger partial charge in [-0.1, -0.05) is 142 Å². The number of aryl methyl sites for hydroxylation is 3. The minimum absolute atomic E-state index is 0.664. The maximum absolute atomic E-state index is 2.62. The highest BCUT2D eigenvalue weighted by atomic mass is 31.1. The lowest BCUT2D eigenvalue weighted by Crippen LogP contribution is -2.30. The molecule has 0 unspecified atom stereocenters. The molecule has 3 aromatic rings. The van der Waals surface area contributed by atoms with Crippen LogP contribution in [0, 0.1) is 0 Å². The molecule has 0 radical (unpaired) electrons. The SMILES string of the molecule is CCCCc1cccc(P(c2cccc(CCCC)c2CCCC)c2ccc(CCC)c(CCC)c2CCC)c1CCCC. The van der Waals surface area contributed by atoms with Crippen LogP contribution in [-0.2, 0) is 44.9 Å². The van der Waals surface area contributed by atoms with Crippen molar-refractivity contribution in [3.8, 4) is 0 Å². The van der Waals surface area contributed by atoms with Crippen LogP contribution in [0.1, 0.15) is 158 Å². The highest BCUT2D eigenvalue weighted by Gasteiger charge is 2.28. The molecule has 242 valence electrons. The van der Waals surface area contributed by atoms with Crippen LogP contribution < -0.4 is 15.9 Å². The molecule has 3 aromatic carbocycles. The van der Waals surface area contributed by atoms with E-state index in [1.165, 1.54) is 116 Å². The van der Waals surface area contributed by atoms with Crippen LogP contribution in [0.4, 0.5) is 0 Å². The number of unbranched alkanes of at least 4 members (excludes halogenated alkanes) is 4. The summed E-state index contributed by atoms with van der Waals surface area (Å²) in [6.07, 6.45) is 22.2. The third-order valence-corrected chi connectivity index (χ3v) is 12.1. The summed E-state index contributed by atoms with van der Waals surface area (Å²) in [6, 6.07) is 20.0. The summed E-state index contributed by atoms with van der Waals surface area (Å²) in [4.78, 5) is 0. The molecule has 0 bridgehead atoms. The Morgan fingerprint density at radius 3 is 1.20 bits per heavy atom. The lowest BCUT2D eigenvalue weighted by molar-refractivity contribution is 0.760. The van der Waals surface area contributed by atoms with Gasteiger partial charge in [0.1, 0.15) is 0 Å². The molecule has 44 heavy (non-hydrogen) atoms. The lowest BCUT2D eigenvalue weighted by atomic mass is 9.92. The molecule has 1 heteroatoms. The van der Waals surface area contributed by atoms with Gasteiger partial charge in [-0.25, -0.2) is 0 Å². The van der Waals surface area contributed by atoms with Gasteiger partial charge in [0.2, 0.25) is 0 Å². The van der Waals surface area contributed by atoms with Crippen LogP contribution >= 0.6 is 7.92 Å². The van der Waals surface area contributed by atoms with Gasteiger partial charge >= 0.3 is 0 Å². The molecular weight excluding hydrogens is 547 g/mol. The molecular formula is C43H65P. The Balaban J connectivity index is 2.46. The number of hydrogen-bond donors (Lipinski definition) is 0. The molecule has 0 aromatic heterocycles. The summed E-state index contributed by atoms with van der Waals surface area (Å²) in [5, 5.41) is 4.99. The van der Waals surface area contributed by atoms with Crippen molar-refractivity contribution < 1.29 is 0 Å². The van der Waals surface area contributed by atoms with Crippen LogP contribution in [0.15, 0.2) is 48.5 Å². The highest BCUT2D eigenvalue weighted by Crippen LogP contribution is 2.41. The van der Waals surface area contributed by atoms with Gasteiger partial charge in [0.25, 0.3) is 0 Å². The topological polar surface area (TPSA) is 0 Å². The summed E-state index contributed by atoms with van der Waals surface area (Å²) in [6.45, 7) is 16.5. The zero-order valence-corrected chi connectivity index (χ0v) is 30.7. The standard InChI is InChI=1S/C43H65P/c1-8-15-24-35-26-19-30-41(38(35)28-17-10-3)44(42-31-20-27-36(25-16-9-2)39(42)29-18-11-4)43-33-32-34(21-12-5)37(22-13-6)40(43)23-14-7/h19-20,26-27,30-33H,8-18,21-25,28-29H2,1-7H3. The first kappa shape index (κ1) is 36.6. The second kappa shape index (κ2) is 20.3. The number of rotatable bonds is 21. The number of benzene rings is 3. The van der Waals surface area contributed by atoms with Gasteiger partial charge in [-0.15, -0.1) is 0 Å². The Hall–Kier alpha value is -1.91. The third kappa shape index (κ3) is 9.55. The van der Waals surface area contributed by atoms with Gasteiger partial charge in [-0.05, 0) is 133 Å². The van der Waals surface area contributed by atoms with E-state index >= 15 is 0 Å². The van der Waals surface area contributed by atoms with E-state index in [0.29, 0.717) is 0 Å². The van der Waals surface area contributed by atoms with Crippen molar-refractivity contribution >= 4 is 23.8 Å². The highest BCUT2D eigenvalue weighted by molar-refractivity contribution is 7.80. The van der Waals surface area contributed by atoms with E-state index in [1.807, 2.05) is 0 Å². The van der Waals surface area contributed by atoms with Gasteiger partial charge < -0.3 is 0 Å². The molecule has 0 fully saturated rings. The molecule has 0 N–H and O–H groups in total. The maximum atomic E-state index is 2.62. The van der Waals surface area contributed by atoms with Crippen LogP contribution in [0.2, 0.25) is 0 Å². The minimum atomic E-state index is -0.664. The van der Waals surface area contributed by atoms with Gasteiger partial charge in [0.15, 0.2) is 0 Å². The van der Waals surface area contributed by atoms with Crippen molar-refractivity contribution in [2.75, 3.05) is 0 Å². The molecule has 0 atom stereocenters. The summed E-state index contributed by atoms with van der Waals surface area (Å²) in [7, 11) is -0.664. The molecule has 0 aliphatic heterocycles. The quantitative estimate of drug-likeness (QED) is 0.105. The molecule has 0 amide bonds. The smallest absolute Gasteiger partial charge is 0.0116 e. The summed E-state index contributed by atoms with van der Waals surface area (Å²) in [5.74, 6) is 0. The van der Waals surface area contributed by atoms with E-state index in [2.05, 4.69) is 97.0 Å². The molecule has 0 aliphatic rings. The zero-order chi connectivity index (χ0) is 31.7. The predicted octanol–water partition coefficient (Wildman–Crippen LogP) is 11.7. The fraction of sp³-hybridized carbons (Fsp3) is 0.581. The molecule has 0 nitrogen and oxygen atoms in total. The predicted molar refractivity (Wildman–Crippen MR) is 202 cm³/mol. The molecule has 0 saturated heterocycles. The van der Waals surface area contributed by atoms with Gasteiger partial charge in [-0.2, -0.15) is 0 Å². The first-order chi connectivity index (χ1) is 21.6. The van der Waals surface area contributed by atoms with E-state index in [9.17, 15) is 0 Å². The van der Waals surface area contributed by atoms with Gasteiger partial charge in [0, 0.05) is 0 Å². The van der Waals surface area contributed by atoms with E-state index < -0.39 is 7.92 Å². The first-order valence-electron chi connectivity index (χ1n) is 18.7. The normalized spacial score (nSPS) is 11.5. The largest absolute Gasteiger partial charge is 0.0654 e. The number of hydrogen-bond acceptors (Lipinski definition) is 0. The van der Waals surface area contributed by atoms with Crippen molar-refractivity contribution in [3.05, 3.63) is 87.5 Å². The molecule has 0 spiro atoms. The van der Waals surface area contributed by atoms with Crippen LogP contribution in [0.25, 0.3) is 0 Å². The Morgan fingerprint density at radius 1 is 0.341 bits per heavy atom. The van der Waals surface area contributed by atoms with Crippen molar-refractivity contribution in [2.24, 2.45) is 0 Å². The van der Waals surface area contributed by atoms with E-state index in [4.69, 9.17) is 0 Å². The minimum Gasteiger partial charge on any atom is -0.0654 e.